The molecule has 0 heterocycles. The minimum atomic E-state index is -2.19. The predicted octanol–water partition coefficient (Wildman–Crippen LogP) is 6.27. The van der Waals surface area contributed by atoms with Gasteiger partial charge in [0.25, 0.3) is 0 Å². The number of halogens is 1. The predicted molar refractivity (Wildman–Crippen MR) is 123 cm³/mol. The Morgan fingerprint density at radius 2 is 1.90 bits per heavy atom. The standard InChI is InChI=1S/C23H32FNO3SSi/c1-7-27-22(26)17-20(28-30(5,6)23(2,3)4)21(11-9-8-10-16-25)29-19-14-12-18(24)13-15-19/h8-15,20-21H,7,17H2,1-6H3/b10-8+,11-9-/t20-,21?/m1/s1. The molecule has 0 saturated heterocycles. The Balaban J connectivity index is 3.27. The Bertz CT molecular complexity index is 779. The monoisotopic (exact) mass is 449 g/mol. The number of nitriles is 1. The Hall–Kier alpha value is -1.88. The topological polar surface area (TPSA) is 59.3 Å². The highest BCUT2D eigenvalue weighted by atomic mass is 32.2. The zero-order valence-electron chi connectivity index (χ0n) is 18.6. The van der Waals surface area contributed by atoms with E-state index in [0.717, 1.165) is 4.90 Å². The van der Waals surface area contributed by atoms with Crippen LogP contribution in [0.5, 0.6) is 0 Å². The minimum absolute atomic E-state index is 0.0323. The largest absolute Gasteiger partial charge is 0.466 e. The lowest BCUT2D eigenvalue weighted by Crippen LogP contribution is -2.47. The molecule has 1 unspecified atom stereocenters. The molecule has 0 N–H and O–H groups in total. The van der Waals surface area contributed by atoms with E-state index in [4.69, 9.17) is 14.4 Å². The van der Waals surface area contributed by atoms with Gasteiger partial charge >= 0.3 is 5.97 Å². The summed E-state index contributed by atoms with van der Waals surface area (Å²) < 4.78 is 25.2. The smallest absolute Gasteiger partial charge is 0.308 e. The summed E-state index contributed by atoms with van der Waals surface area (Å²) in [6.45, 7) is 12.8. The molecule has 0 bridgehead atoms. The maximum Gasteiger partial charge on any atom is 0.308 e. The maximum atomic E-state index is 13.3. The van der Waals surface area contributed by atoms with E-state index in [1.54, 1.807) is 31.2 Å². The second-order valence-corrected chi connectivity index (χ2v) is 14.3. The summed E-state index contributed by atoms with van der Waals surface area (Å²) in [7, 11) is -2.19. The van der Waals surface area contributed by atoms with Crippen LogP contribution in [0.3, 0.4) is 0 Å². The van der Waals surface area contributed by atoms with Gasteiger partial charge in [-0.15, -0.1) is 11.8 Å². The maximum absolute atomic E-state index is 13.3. The highest BCUT2D eigenvalue weighted by Crippen LogP contribution is 2.40. The summed E-state index contributed by atoms with van der Waals surface area (Å²) in [6, 6.07) is 8.19. The number of carbonyl (C=O) groups excluding carboxylic acids is 1. The first kappa shape index (κ1) is 26.2. The molecule has 1 aromatic carbocycles. The molecule has 30 heavy (non-hydrogen) atoms. The molecule has 0 aliphatic rings. The first-order valence-corrected chi connectivity index (χ1v) is 13.8. The molecule has 7 heteroatoms. The SMILES string of the molecule is CCOC(=O)C[C@@H](O[Si](C)(C)C(C)(C)C)C(/C=C\C=C\C#N)Sc1ccc(F)cc1. The van der Waals surface area contributed by atoms with E-state index in [1.807, 2.05) is 12.1 Å². The zero-order chi connectivity index (χ0) is 22.8. The number of benzene rings is 1. The van der Waals surface area contributed by atoms with E-state index in [1.165, 1.54) is 30.0 Å². The van der Waals surface area contributed by atoms with Gasteiger partial charge in [0.05, 0.1) is 30.5 Å². The van der Waals surface area contributed by atoms with Crippen LogP contribution in [0.15, 0.2) is 53.5 Å². The van der Waals surface area contributed by atoms with Crippen LogP contribution in [-0.2, 0) is 14.0 Å². The van der Waals surface area contributed by atoms with Crippen LogP contribution in [0.1, 0.15) is 34.1 Å². The van der Waals surface area contributed by atoms with Gasteiger partial charge in [-0.05, 0) is 49.3 Å². The average Bonchev–Trinajstić information content (AvgIpc) is 2.64. The van der Waals surface area contributed by atoms with E-state index in [2.05, 4.69) is 33.9 Å². The first-order valence-electron chi connectivity index (χ1n) is 9.98. The fourth-order valence-corrected chi connectivity index (χ4v) is 4.87. The van der Waals surface area contributed by atoms with Crippen molar-refractivity contribution in [3.8, 4) is 6.07 Å². The molecular weight excluding hydrogens is 417 g/mol. The third-order valence-corrected chi connectivity index (χ3v) is 10.7. The van der Waals surface area contributed by atoms with E-state index >= 15 is 0 Å². The van der Waals surface area contributed by atoms with Crippen LogP contribution in [0.4, 0.5) is 4.39 Å². The molecule has 0 radical (unpaired) electrons. The van der Waals surface area contributed by atoms with Crippen molar-refractivity contribution >= 4 is 26.0 Å². The lowest BCUT2D eigenvalue weighted by molar-refractivity contribution is -0.145. The number of hydrogen-bond donors (Lipinski definition) is 0. The molecule has 164 valence electrons. The minimum Gasteiger partial charge on any atom is -0.466 e. The van der Waals surface area contributed by atoms with Gasteiger partial charge < -0.3 is 9.16 Å². The van der Waals surface area contributed by atoms with Crippen LogP contribution in [0.2, 0.25) is 18.1 Å². The fourth-order valence-electron chi connectivity index (χ4n) is 2.35. The Labute approximate surface area is 185 Å². The van der Waals surface area contributed by atoms with Gasteiger partial charge in [-0.3, -0.25) is 4.79 Å². The number of nitrogens with zero attached hydrogens (tertiary/aromatic N) is 1. The number of carbonyl (C=O) groups is 1. The van der Waals surface area contributed by atoms with Crippen molar-refractivity contribution in [2.45, 2.75) is 68.5 Å². The molecule has 1 rings (SSSR count). The highest BCUT2D eigenvalue weighted by molar-refractivity contribution is 8.00. The van der Waals surface area contributed by atoms with Gasteiger partial charge in [0.1, 0.15) is 5.82 Å². The van der Waals surface area contributed by atoms with Crippen molar-refractivity contribution in [2.24, 2.45) is 0 Å². The lowest BCUT2D eigenvalue weighted by Gasteiger charge is -2.40. The van der Waals surface area contributed by atoms with Crippen molar-refractivity contribution in [1.29, 1.82) is 5.26 Å². The molecule has 0 amide bonds. The molecule has 4 nitrogen and oxygen atoms in total. The molecule has 0 aliphatic heterocycles. The number of allylic oxidation sites excluding steroid dienone is 3. The highest BCUT2D eigenvalue weighted by Gasteiger charge is 2.41. The number of ether oxygens (including phenoxy) is 1. The Morgan fingerprint density at radius 1 is 1.27 bits per heavy atom. The Morgan fingerprint density at radius 3 is 2.43 bits per heavy atom. The third-order valence-electron chi connectivity index (χ3n) is 4.96. The van der Waals surface area contributed by atoms with Crippen molar-refractivity contribution in [3.63, 3.8) is 0 Å². The molecule has 0 saturated carbocycles. The van der Waals surface area contributed by atoms with Crippen LogP contribution in [0.25, 0.3) is 0 Å². The lowest BCUT2D eigenvalue weighted by atomic mass is 10.1. The van der Waals surface area contributed by atoms with Crippen LogP contribution in [-0.4, -0.2) is 32.2 Å². The van der Waals surface area contributed by atoms with E-state index in [0.29, 0.717) is 6.61 Å². The van der Waals surface area contributed by atoms with E-state index in [-0.39, 0.29) is 28.5 Å². The quantitative estimate of drug-likeness (QED) is 0.139. The van der Waals surface area contributed by atoms with Crippen LogP contribution < -0.4 is 0 Å². The normalized spacial score (nSPS) is 14.6. The molecule has 0 spiro atoms. The van der Waals surface area contributed by atoms with Gasteiger partial charge in [0, 0.05) is 11.0 Å². The van der Waals surface area contributed by atoms with Gasteiger partial charge in [-0.2, -0.15) is 5.26 Å². The van der Waals surface area contributed by atoms with Crippen molar-refractivity contribution in [2.75, 3.05) is 6.61 Å². The van der Waals surface area contributed by atoms with Gasteiger partial charge in [-0.1, -0.05) is 39.0 Å². The summed E-state index contributed by atoms with van der Waals surface area (Å²) in [5, 5.41) is 8.47. The first-order chi connectivity index (χ1) is 14.0. The summed E-state index contributed by atoms with van der Waals surface area (Å²) >= 11 is 1.49. The van der Waals surface area contributed by atoms with Gasteiger partial charge in [0.15, 0.2) is 8.32 Å². The molecule has 0 fully saturated rings. The van der Waals surface area contributed by atoms with Crippen LogP contribution in [0, 0.1) is 17.1 Å². The molecule has 0 aromatic heterocycles. The summed E-state index contributed by atoms with van der Waals surface area (Å²) in [6.07, 6.45) is 6.41. The number of esters is 1. The number of hydrogen-bond acceptors (Lipinski definition) is 5. The van der Waals surface area contributed by atoms with Crippen molar-refractivity contribution in [1.82, 2.24) is 0 Å². The third kappa shape index (κ3) is 8.86. The fraction of sp³-hybridized carbons (Fsp3) is 0.478. The second-order valence-electron chi connectivity index (χ2n) is 8.34. The zero-order valence-corrected chi connectivity index (χ0v) is 20.5. The summed E-state index contributed by atoms with van der Waals surface area (Å²) in [5.41, 5.74) is 0. The molecule has 0 aliphatic carbocycles. The summed E-state index contributed by atoms with van der Waals surface area (Å²) in [4.78, 5) is 13.2. The van der Waals surface area contributed by atoms with Crippen LogP contribution >= 0.6 is 11.8 Å². The van der Waals surface area contributed by atoms with Gasteiger partial charge in [0.2, 0.25) is 0 Å². The van der Waals surface area contributed by atoms with Gasteiger partial charge in [-0.25, -0.2) is 4.39 Å². The number of thioether (sulfide) groups is 1. The molecule has 1 aromatic rings. The second kappa shape index (κ2) is 12.1. The summed E-state index contributed by atoms with van der Waals surface area (Å²) in [5.74, 6) is -0.615. The molecular formula is C23H32FNO3SSi. The molecule has 2 atom stereocenters. The van der Waals surface area contributed by atoms with Crippen molar-refractivity contribution < 1.29 is 18.3 Å². The van der Waals surface area contributed by atoms with Crippen molar-refractivity contribution in [3.05, 3.63) is 54.4 Å². The average molecular weight is 450 g/mol. The number of rotatable bonds is 10. The van der Waals surface area contributed by atoms with E-state index < -0.39 is 14.4 Å². The Kier molecular flexibility index (Phi) is 10.5. The van der Waals surface area contributed by atoms with E-state index in [9.17, 15) is 9.18 Å².